The molecule has 5 aromatic carbocycles. The van der Waals surface area contributed by atoms with Crippen molar-refractivity contribution < 1.29 is 23.8 Å². The Morgan fingerprint density at radius 2 is 1.02 bits per heavy atom. The SMILES string of the molecule is C=CC(=O)OCCc1ccc(N(c2ccc(CCOC(=O)C=C)cc2)c2ccc(-c3ccc(Oc4ccc(C=C)cc4)cc3CCCC)c(CCCC)c2)cc1. The zero-order valence-corrected chi connectivity index (χ0v) is 32.8. The number of nitrogens with zero attached hydrogens (tertiary/aromatic N) is 1. The molecule has 0 aliphatic rings. The van der Waals surface area contributed by atoms with E-state index in [0.717, 1.165) is 83.8 Å². The summed E-state index contributed by atoms with van der Waals surface area (Å²) in [7, 11) is 0. The molecule has 0 amide bonds. The lowest BCUT2D eigenvalue weighted by atomic mass is 9.90. The van der Waals surface area contributed by atoms with Crippen molar-refractivity contribution in [2.45, 2.75) is 65.2 Å². The third kappa shape index (κ3) is 11.4. The summed E-state index contributed by atoms with van der Waals surface area (Å²) in [5.41, 5.74) is 11.3. The molecule has 0 N–H and O–H groups in total. The van der Waals surface area contributed by atoms with Crippen molar-refractivity contribution >= 4 is 35.1 Å². The van der Waals surface area contributed by atoms with Gasteiger partial charge in [0, 0.05) is 42.1 Å². The predicted octanol–water partition coefficient (Wildman–Crippen LogP) is 12.5. The van der Waals surface area contributed by atoms with Gasteiger partial charge in [-0.2, -0.15) is 0 Å². The molecule has 288 valence electrons. The molecule has 5 aromatic rings. The maximum Gasteiger partial charge on any atom is 0.330 e. The summed E-state index contributed by atoms with van der Waals surface area (Å²) in [6, 6.07) is 38.1. The lowest BCUT2D eigenvalue weighted by Crippen LogP contribution is -2.11. The molecule has 0 fully saturated rings. The molecule has 56 heavy (non-hydrogen) atoms. The van der Waals surface area contributed by atoms with E-state index in [2.05, 4.69) is 123 Å². The first-order valence-corrected chi connectivity index (χ1v) is 19.6. The number of carbonyl (C=O) groups is 2. The van der Waals surface area contributed by atoms with Crippen LogP contribution in [0.3, 0.4) is 0 Å². The summed E-state index contributed by atoms with van der Waals surface area (Å²) in [4.78, 5) is 25.4. The maximum absolute atomic E-state index is 11.6. The van der Waals surface area contributed by atoms with Crippen LogP contribution < -0.4 is 9.64 Å². The van der Waals surface area contributed by atoms with E-state index in [1.807, 2.05) is 30.3 Å². The van der Waals surface area contributed by atoms with Crippen LogP contribution in [0.15, 0.2) is 141 Å². The van der Waals surface area contributed by atoms with Crippen LogP contribution in [0.1, 0.15) is 67.3 Å². The molecule has 0 atom stereocenters. The molecule has 0 heterocycles. The molecule has 0 saturated carbocycles. The smallest absolute Gasteiger partial charge is 0.330 e. The highest BCUT2D eigenvalue weighted by Crippen LogP contribution is 2.40. The van der Waals surface area contributed by atoms with Crippen molar-refractivity contribution in [1.29, 1.82) is 0 Å². The van der Waals surface area contributed by atoms with Crippen LogP contribution in [-0.2, 0) is 44.7 Å². The van der Waals surface area contributed by atoms with E-state index in [0.29, 0.717) is 12.8 Å². The molecule has 0 aliphatic heterocycles. The van der Waals surface area contributed by atoms with Crippen molar-refractivity contribution in [3.63, 3.8) is 0 Å². The second-order valence-electron chi connectivity index (χ2n) is 13.7. The Morgan fingerprint density at radius 3 is 1.50 bits per heavy atom. The minimum atomic E-state index is -0.422. The van der Waals surface area contributed by atoms with Crippen LogP contribution in [0.2, 0.25) is 0 Å². The summed E-state index contributed by atoms with van der Waals surface area (Å²) in [5, 5.41) is 0. The van der Waals surface area contributed by atoms with Gasteiger partial charge in [0.25, 0.3) is 0 Å². The van der Waals surface area contributed by atoms with Crippen LogP contribution in [0.25, 0.3) is 17.2 Å². The minimum absolute atomic E-state index is 0.288. The number of benzene rings is 5. The van der Waals surface area contributed by atoms with Gasteiger partial charge < -0.3 is 19.1 Å². The Balaban J connectivity index is 1.52. The number of carbonyl (C=O) groups excluding carboxylic acids is 2. The van der Waals surface area contributed by atoms with Gasteiger partial charge in [-0.25, -0.2) is 9.59 Å². The Morgan fingerprint density at radius 1 is 0.554 bits per heavy atom. The predicted molar refractivity (Wildman–Crippen MR) is 230 cm³/mol. The van der Waals surface area contributed by atoms with Gasteiger partial charge >= 0.3 is 11.9 Å². The monoisotopic (exact) mass is 747 g/mol. The molecule has 0 bridgehead atoms. The number of hydrogen-bond acceptors (Lipinski definition) is 6. The molecule has 5 rings (SSSR count). The Labute approximate surface area is 332 Å². The van der Waals surface area contributed by atoms with Crippen molar-refractivity contribution in [3.8, 4) is 22.6 Å². The van der Waals surface area contributed by atoms with Crippen LogP contribution in [0.4, 0.5) is 17.1 Å². The van der Waals surface area contributed by atoms with E-state index >= 15 is 0 Å². The standard InChI is InChI=1S/C50H53NO5/c1-6-11-13-40-35-44(25-29-47(40)48-30-28-46(36-41(48)14-12-7-2)56-45-26-19-37(8-3)20-27-45)51(42-21-15-38(16-22-42)31-33-54-49(52)9-4)43-23-17-39(18-24-43)32-34-55-50(53)10-5/h8-10,15-30,35-36H,3-7,11-14,31-34H2,1-2H3. The Kier molecular flexibility index (Phi) is 15.4. The first-order valence-electron chi connectivity index (χ1n) is 19.6. The fourth-order valence-electron chi connectivity index (χ4n) is 6.56. The summed E-state index contributed by atoms with van der Waals surface area (Å²) < 4.78 is 16.8. The molecular formula is C50H53NO5. The molecule has 0 spiro atoms. The number of anilines is 3. The summed E-state index contributed by atoms with van der Waals surface area (Å²) in [6.45, 7) is 15.8. The van der Waals surface area contributed by atoms with Gasteiger partial charge in [0.2, 0.25) is 0 Å². The van der Waals surface area contributed by atoms with E-state index in [1.165, 1.54) is 34.4 Å². The third-order valence-corrected chi connectivity index (χ3v) is 9.66. The fraction of sp³-hybridized carbons (Fsp3) is 0.240. The topological polar surface area (TPSA) is 65.1 Å². The van der Waals surface area contributed by atoms with Crippen molar-refractivity contribution in [3.05, 3.63) is 169 Å². The van der Waals surface area contributed by atoms with E-state index < -0.39 is 11.9 Å². The van der Waals surface area contributed by atoms with Crippen LogP contribution >= 0.6 is 0 Å². The second-order valence-corrected chi connectivity index (χ2v) is 13.7. The normalized spacial score (nSPS) is 10.7. The number of esters is 2. The lowest BCUT2D eigenvalue weighted by Gasteiger charge is -2.27. The molecule has 0 aromatic heterocycles. The van der Waals surface area contributed by atoms with Gasteiger partial charge in [-0.1, -0.05) is 101 Å². The van der Waals surface area contributed by atoms with E-state index in [9.17, 15) is 9.59 Å². The van der Waals surface area contributed by atoms with Crippen LogP contribution in [-0.4, -0.2) is 25.2 Å². The third-order valence-electron chi connectivity index (χ3n) is 9.66. The molecule has 6 nitrogen and oxygen atoms in total. The number of aryl methyl sites for hydroxylation is 2. The van der Waals surface area contributed by atoms with Gasteiger partial charge in [0.15, 0.2) is 0 Å². The van der Waals surface area contributed by atoms with Crippen molar-refractivity contribution in [2.75, 3.05) is 18.1 Å². The number of hydrogen-bond donors (Lipinski definition) is 0. The average molecular weight is 748 g/mol. The van der Waals surface area contributed by atoms with E-state index in [4.69, 9.17) is 14.2 Å². The van der Waals surface area contributed by atoms with E-state index in [-0.39, 0.29) is 13.2 Å². The molecule has 0 aliphatic carbocycles. The first kappa shape index (κ1) is 41.0. The first-order chi connectivity index (χ1) is 27.3. The van der Waals surface area contributed by atoms with Gasteiger partial charge in [-0.15, -0.1) is 0 Å². The molecule has 0 radical (unpaired) electrons. The van der Waals surface area contributed by atoms with Gasteiger partial charge in [0.1, 0.15) is 11.5 Å². The highest BCUT2D eigenvalue weighted by atomic mass is 16.5. The minimum Gasteiger partial charge on any atom is -0.462 e. The fourth-order valence-corrected chi connectivity index (χ4v) is 6.56. The average Bonchev–Trinajstić information content (AvgIpc) is 3.23. The van der Waals surface area contributed by atoms with Crippen molar-refractivity contribution in [1.82, 2.24) is 0 Å². The van der Waals surface area contributed by atoms with Gasteiger partial charge in [-0.3, -0.25) is 0 Å². The number of ether oxygens (including phenoxy) is 3. The highest BCUT2D eigenvalue weighted by Gasteiger charge is 2.18. The zero-order chi connectivity index (χ0) is 39.7. The largest absolute Gasteiger partial charge is 0.462 e. The Hall–Kier alpha value is -6.14. The number of rotatable bonds is 21. The van der Waals surface area contributed by atoms with Crippen LogP contribution in [0.5, 0.6) is 11.5 Å². The lowest BCUT2D eigenvalue weighted by molar-refractivity contribution is -0.138. The molecule has 0 unspecified atom stereocenters. The summed E-state index contributed by atoms with van der Waals surface area (Å²) >= 11 is 0. The Bertz CT molecular complexity index is 2010. The summed E-state index contributed by atoms with van der Waals surface area (Å²) in [5.74, 6) is 0.780. The van der Waals surface area contributed by atoms with Crippen LogP contribution in [0, 0.1) is 0 Å². The van der Waals surface area contributed by atoms with E-state index in [1.54, 1.807) is 0 Å². The maximum atomic E-state index is 11.6. The molecule has 0 saturated heterocycles. The van der Waals surface area contributed by atoms with Crippen molar-refractivity contribution in [2.24, 2.45) is 0 Å². The molecular weight excluding hydrogens is 695 g/mol. The quantitative estimate of drug-likeness (QED) is 0.0550. The zero-order valence-electron chi connectivity index (χ0n) is 32.8. The summed E-state index contributed by atoms with van der Waals surface area (Å²) in [6.07, 6.45) is 11.6. The van der Waals surface area contributed by atoms with Gasteiger partial charge in [-0.05, 0) is 125 Å². The highest BCUT2D eigenvalue weighted by molar-refractivity contribution is 5.82. The van der Waals surface area contributed by atoms with Gasteiger partial charge in [0.05, 0.1) is 13.2 Å². The molecule has 6 heteroatoms. The number of unbranched alkanes of at least 4 members (excludes halogenated alkanes) is 2. The second kappa shape index (κ2) is 21.1.